The van der Waals surface area contributed by atoms with E-state index in [9.17, 15) is 13.2 Å². The highest BCUT2D eigenvalue weighted by Crippen LogP contribution is 2.22. The zero-order valence-electron chi connectivity index (χ0n) is 18.8. The first-order valence-electron chi connectivity index (χ1n) is 11.1. The highest BCUT2D eigenvalue weighted by molar-refractivity contribution is 7.89. The standard InChI is InChI=1S/C23H34N4O3S/c1-4-26(5-2)17-20-11-9-10-19(14-20)16-24-23(28)22-15-21(18-25(22)3)31(29,30)27-12-7-6-8-13-27/h9-11,14-15,18H,4-8,12-13,16-17H2,1-3H3,(H,24,28). The average Bonchev–Trinajstić information content (AvgIpc) is 3.19. The normalized spacial score (nSPS) is 15.4. The third-order valence-corrected chi connectivity index (χ3v) is 7.77. The second-order valence-corrected chi connectivity index (χ2v) is 10.0. The van der Waals surface area contributed by atoms with E-state index in [4.69, 9.17) is 0 Å². The van der Waals surface area contributed by atoms with Gasteiger partial charge in [-0.05, 0) is 43.1 Å². The van der Waals surface area contributed by atoms with Crippen molar-refractivity contribution in [1.29, 1.82) is 0 Å². The van der Waals surface area contributed by atoms with Crippen LogP contribution in [0.5, 0.6) is 0 Å². The molecule has 0 bridgehead atoms. The van der Waals surface area contributed by atoms with E-state index >= 15 is 0 Å². The lowest BCUT2D eigenvalue weighted by molar-refractivity contribution is 0.0942. The first-order chi connectivity index (χ1) is 14.8. The molecule has 1 aliphatic rings. The fraction of sp³-hybridized carbons (Fsp3) is 0.522. The quantitative estimate of drug-likeness (QED) is 0.643. The van der Waals surface area contributed by atoms with Gasteiger partial charge in [-0.2, -0.15) is 4.31 Å². The Hall–Kier alpha value is -2.16. The third-order valence-electron chi connectivity index (χ3n) is 5.91. The number of carbonyl (C=O) groups is 1. The number of benzene rings is 1. The van der Waals surface area contributed by atoms with E-state index in [1.54, 1.807) is 11.6 Å². The highest BCUT2D eigenvalue weighted by Gasteiger charge is 2.28. The Labute approximate surface area is 186 Å². The number of rotatable bonds is 9. The number of nitrogens with one attached hydrogen (secondary N) is 1. The summed E-state index contributed by atoms with van der Waals surface area (Å²) in [6, 6.07) is 9.68. The predicted molar refractivity (Wildman–Crippen MR) is 122 cm³/mol. The first kappa shape index (κ1) is 23.5. The second-order valence-electron chi connectivity index (χ2n) is 8.10. The minimum absolute atomic E-state index is 0.184. The van der Waals surface area contributed by atoms with Gasteiger partial charge in [0.1, 0.15) is 10.6 Å². The molecule has 170 valence electrons. The first-order valence-corrected chi connectivity index (χ1v) is 12.5. The largest absolute Gasteiger partial charge is 0.347 e. The zero-order valence-corrected chi connectivity index (χ0v) is 19.6. The fourth-order valence-electron chi connectivity index (χ4n) is 3.97. The van der Waals surface area contributed by atoms with Gasteiger partial charge in [0.25, 0.3) is 5.91 Å². The van der Waals surface area contributed by atoms with Gasteiger partial charge in [-0.3, -0.25) is 9.69 Å². The molecule has 1 aliphatic heterocycles. The molecular formula is C23H34N4O3S. The number of piperidine rings is 1. The molecule has 8 heteroatoms. The molecule has 0 saturated carbocycles. The van der Waals surface area contributed by atoms with Gasteiger partial charge in [0.2, 0.25) is 10.0 Å². The number of sulfonamides is 1. The van der Waals surface area contributed by atoms with E-state index in [0.717, 1.165) is 44.5 Å². The van der Waals surface area contributed by atoms with Gasteiger partial charge in [-0.15, -0.1) is 0 Å². The Morgan fingerprint density at radius 3 is 2.42 bits per heavy atom. The Kier molecular flexibility index (Phi) is 7.91. The van der Waals surface area contributed by atoms with Gasteiger partial charge in [-0.25, -0.2) is 8.42 Å². The summed E-state index contributed by atoms with van der Waals surface area (Å²) in [6.07, 6.45) is 4.35. The van der Waals surface area contributed by atoms with Crippen LogP contribution in [0.4, 0.5) is 0 Å². The second kappa shape index (κ2) is 10.4. The Morgan fingerprint density at radius 1 is 1.06 bits per heavy atom. The van der Waals surface area contributed by atoms with Gasteiger partial charge in [0.15, 0.2) is 0 Å². The van der Waals surface area contributed by atoms with Crippen LogP contribution in [0.3, 0.4) is 0 Å². The summed E-state index contributed by atoms with van der Waals surface area (Å²) >= 11 is 0. The minimum atomic E-state index is -3.56. The number of carbonyl (C=O) groups excluding carboxylic acids is 1. The summed E-state index contributed by atoms with van der Waals surface area (Å²) in [4.78, 5) is 15.3. The minimum Gasteiger partial charge on any atom is -0.347 e. The molecule has 2 heterocycles. The fourth-order valence-corrected chi connectivity index (χ4v) is 5.56. The van der Waals surface area contributed by atoms with E-state index in [0.29, 0.717) is 25.3 Å². The molecule has 31 heavy (non-hydrogen) atoms. The summed E-state index contributed by atoms with van der Waals surface area (Å²) in [5.74, 6) is -0.281. The molecule has 7 nitrogen and oxygen atoms in total. The topological polar surface area (TPSA) is 74.7 Å². The highest BCUT2D eigenvalue weighted by atomic mass is 32.2. The van der Waals surface area contributed by atoms with Crippen molar-refractivity contribution in [2.75, 3.05) is 26.2 Å². The van der Waals surface area contributed by atoms with E-state index in [1.807, 2.05) is 12.1 Å². The Balaban J connectivity index is 1.66. The van der Waals surface area contributed by atoms with Crippen LogP contribution in [-0.2, 0) is 30.2 Å². The van der Waals surface area contributed by atoms with Crippen LogP contribution in [0.25, 0.3) is 0 Å². The van der Waals surface area contributed by atoms with Crippen molar-refractivity contribution in [2.24, 2.45) is 7.05 Å². The maximum atomic E-state index is 12.9. The monoisotopic (exact) mass is 446 g/mol. The van der Waals surface area contributed by atoms with Gasteiger partial charge in [0.05, 0.1) is 0 Å². The van der Waals surface area contributed by atoms with Crippen LogP contribution in [-0.4, -0.2) is 54.3 Å². The van der Waals surface area contributed by atoms with Crippen molar-refractivity contribution in [3.8, 4) is 0 Å². The van der Waals surface area contributed by atoms with E-state index in [1.165, 1.54) is 22.1 Å². The summed E-state index contributed by atoms with van der Waals surface area (Å²) in [5.41, 5.74) is 2.58. The molecule has 0 radical (unpaired) electrons. The molecule has 1 aromatic heterocycles. The molecule has 1 saturated heterocycles. The lowest BCUT2D eigenvalue weighted by Gasteiger charge is -2.25. The van der Waals surface area contributed by atoms with Crippen LogP contribution >= 0.6 is 0 Å². The van der Waals surface area contributed by atoms with Crippen LogP contribution < -0.4 is 5.32 Å². The van der Waals surface area contributed by atoms with Crippen LogP contribution in [0.2, 0.25) is 0 Å². The maximum absolute atomic E-state index is 12.9. The molecule has 0 atom stereocenters. The molecule has 0 aliphatic carbocycles. The summed E-state index contributed by atoms with van der Waals surface area (Å²) in [6.45, 7) is 8.64. The molecular weight excluding hydrogens is 412 g/mol. The molecule has 1 amide bonds. The molecule has 2 aromatic rings. The average molecular weight is 447 g/mol. The number of aryl methyl sites for hydroxylation is 1. The predicted octanol–water partition coefficient (Wildman–Crippen LogP) is 2.97. The summed E-state index contributed by atoms with van der Waals surface area (Å²) in [5, 5.41) is 2.93. The molecule has 1 fully saturated rings. The number of amides is 1. The van der Waals surface area contributed by atoms with Crippen molar-refractivity contribution in [1.82, 2.24) is 19.1 Å². The molecule has 1 aromatic carbocycles. The number of aromatic nitrogens is 1. The van der Waals surface area contributed by atoms with E-state index < -0.39 is 10.0 Å². The zero-order chi connectivity index (χ0) is 22.4. The van der Waals surface area contributed by atoms with Gasteiger partial charge < -0.3 is 9.88 Å². The summed E-state index contributed by atoms with van der Waals surface area (Å²) in [7, 11) is -1.86. The van der Waals surface area contributed by atoms with E-state index in [2.05, 4.69) is 36.2 Å². The molecule has 0 unspecified atom stereocenters. The molecule has 0 spiro atoms. The maximum Gasteiger partial charge on any atom is 0.268 e. The van der Waals surface area contributed by atoms with Crippen LogP contribution in [0.1, 0.15) is 54.7 Å². The van der Waals surface area contributed by atoms with Crippen molar-refractivity contribution in [2.45, 2.75) is 51.1 Å². The van der Waals surface area contributed by atoms with Crippen LogP contribution in [0.15, 0.2) is 41.4 Å². The number of hydrogen-bond acceptors (Lipinski definition) is 4. The number of hydrogen-bond donors (Lipinski definition) is 1. The van der Waals surface area contributed by atoms with Crippen molar-refractivity contribution < 1.29 is 13.2 Å². The molecule has 3 rings (SSSR count). The van der Waals surface area contributed by atoms with Gasteiger partial charge in [0, 0.05) is 39.4 Å². The van der Waals surface area contributed by atoms with Gasteiger partial charge in [-0.1, -0.05) is 44.5 Å². The lowest BCUT2D eigenvalue weighted by atomic mass is 10.1. The lowest BCUT2D eigenvalue weighted by Crippen LogP contribution is -2.35. The van der Waals surface area contributed by atoms with Crippen LogP contribution in [0, 0.1) is 0 Å². The Bertz CT molecular complexity index is 990. The SMILES string of the molecule is CCN(CC)Cc1cccc(CNC(=O)c2cc(S(=O)(=O)N3CCCCC3)cn2C)c1. The number of nitrogens with zero attached hydrogens (tertiary/aromatic N) is 3. The van der Waals surface area contributed by atoms with E-state index in [-0.39, 0.29) is 10.8 Å². The van der Waals surface area contributed by atoms with Crippen molar-refractivity contribution in [3.05, 3.63) is 53.3 Å². The van der Waals surface area contributed by atoms with Crippen molar-refractivity contribution in [3.63, 3.8) is 0 Å². The smallest absolute Gasteiger partial charge is 0.268 e. The van der Waals surface area contributed by atoms with Crippen molar-refractivity contribution >= 4 is 15.9 Å². The third kappa shape index (κ3) is 5.75. The van der Waals surface area contributed by atoms with Gasteiger partial charge >= 0.3 is 0 Å². The Morgan fingerprint density at radius 2 is 1.74 bits per heavy atom. The molecule has 1 N–H and O–H groups in total. The summed E-state index contributed by atoms with van der Waals surface area (Å²) < 4.78 is 28.9.